The van der Waals surface area contributed by atoms with E-state index in [9.17, 15) is 4.79 Å². The maximum atomic E-state index is 11.6. The number of hydrogen-bond donors (Lipinski definition) is 0. The third kappa shape index (κ3) is 4.54. The Balaban J connectivity index is 1.74. The molecule has 2 fully saturated rings. The molecule has 0 aromatic rings. The summed E-state index contributed by atoms with van der Waals surface area (Å²) in [4.78, 5) is 18.9. The molecule has 1 aliphatic carbocycles. The lowest BCUT2D eigenvalue weighted by Gasteiger charge is -2.41. The molecule has 20 heavy (non-hydrogen) atoms. The first-order valence-electron chi connectivity index (χ1n) is 8.19. The van der Waals surface area contributed by atoms with Crippen molar-refractivity contribution < 1.29 is 4.79 Å². The molecule has 0 amide bonds. The van der Waals surface area contributed by atoms with E-state index in [4.69, 9.17) is 0 Å². The van der Waals surface area contributed by atoms with Crippen molar-refractivity contribution in [3.63, 3.8) is 0 Å². The van der Waals surface area contributed by atoms with E-state index < -0.39 is 0 Å². The molecular formula is C16H31N3O. The molecule has 116 valence electrons. The first-order chi connectivity index (χ1) is 9.63. The predicted molar refractivity (Wildman–Crippen MR) is 83.0 cm³/mol. The Kier molecular flexibility index (Phi) is 6.00. The van der Waals surface area contributed by atoms with Gasteiger partial charge in [-0.2, -0.15) is 0 Å². The van der Waals surface area contributed by atoms with Crippen LogP contribution in [0.15, 0.2) is 0 Å². The third-order valence-electron chi connectivity index (χ3n) is 4.97. The molecule has 1 saturated heterocycles. The van der Waals surface area contributed by atoms with E-state index in [1.807, 2.05) is 0 Å². The number of likely N-dealkylation sites (N-methyl/N-ethyl adjacent to an activating group) is 1. The zero-order valence-electron chi connectivity index (χ0n) is 13.3. The standard InChI is InChI=1S/C16H31N3O/c1-17(2)8-9-18-10-12-19(13-11-18)14-16(15-20)6-4-3-5-7-16/h15H,3-14H2,1-2H3. The molecular weight excluding hydrogens is 250 g/mol. The van der Waals surface area contributed by atoms with Gasteiger partial charge in [0.15, 0.2) is 0 Å². The van der Waals surface area contributed by atoms with Crippen LogP contribution in [0.4, 0.5) is 0 Å². The molecule has 4 nitrogen and oxygen atoms in total. The molecule has 0 bridgehead atoms. The Bertz CT molecular complexity index is 292. The molecule has 0 spiro atoms. The molecule has 4 heteroatoms. The largest absolute Gasteiger partial charge is 0.308 e. The van der Waals surface area contributed by atoms with Crippen LogP contribution in [-0.4, -0.2) is 80.9 Å². The van der Waals surface area contributed by atoms with Crippen LogP contribution in [0.3, 0.4) is 0 Å². The van der Waals surface area contributed by atoms with Crippen LogP contribution in [0, 0.1) is 5.41 Å². The molecule has 2 rings (SSSR count). The zero-order valence-corrected chi connectivity index (χ0v) is 13.3. The average molecular weight is 281 g/mol. The van der Waals surface area contributed by atoms with E-state index >= 15 is 0 Å². The highest BCUT2D eigenvalue weighted by atomic mass is 16.1. The second kappa shape index (κ2) is 7.53. The van der Waals surface area contributed by atoms with Gasteiger partial charge in [0, 0.05) is 51.2 Å². The lowest BCUT2D eigenvalue weighted by molar-refractivity contribution is -0.119. The summed E-state index contributed by atoms with van der Waals surface area (Å²) in [6.45, 7) is 7.87. The van der Waals surface area contributed by atoms with E-state index in [1.165, 1.54) is 32.1 Å². The monoisotopic (exact) mass is 281 g/mol. The van der Waals surface area contributed by atoms with Crippen molar-refractivity contribution in [2.45, 2.75) is 32.1 Å². The SMILES string of the molecule is CN(C)CCN1CCN(CC2(C=O)CCCCC2)CC1. The molecule has 0 N–H and O–H groups in total. The van der Waals surface area contributed by atoms with Crippen molar-refractivity contribution in [1.82, 2.24) is 14.7 Å². The topological polar surface area (TPSA) is 26.8 Å². The summed E-state index contributed by atoms with van der Waals surface area (Å²) in [5.41, 5.74) is -0.0238. The number of carbonyl (C=O) groups excluding carboxylic acids is 1. The molecule has 0 aromatic heterocycles. The van der Waals surface area contributed by atoms with Crippen molar-refractivity contribution in [3.05, 3.63) is 0 Å². The lowest BCUT2D eigenvalue weighted by atomic mass is 9.75. The highest BCUT2D eigenvalue weighted by molar-refractivity contribution is 5.60. The number of rotatable bonds is 6. The van der Waals surface area contributed by atoms with Crippen LogP contribution in [0.2, 0.25) is 0 Å². The van der Waals surface area contributed by atoms with Gasteiger partial charge >= 0.3 is 0 Å². The molecule has 1 aliphatic heterocycles. The van der Waals surface area contributed by atoms with Gasteiger partial charge in [0.25, 0.3) is 0 Å². The molecule has 0 radical (unpaired) electrons. The van der Waals surface area contributed by atoms with Gasteiger partial charge in [-0.3, -0.25) is 9.80 Å². The van der Waals surface area contributed by atoms with Crippen molar-refractivity contribution in [2.75, 3.05) is 59.9 Å². The van der Waals surface area contributed by atoms with Gasteiger partial charge in [-0.25, -0.2) is 0 Å². The summed E-state index contributed by atoms with van der Waals surface area (Å²) in [6.07, 6.45) is 7.27. The lowest BCUT2D eigenvalue weighted by Crippen LogP contribution is -2.51. The van der Waals surface area contributed by atoms with E-state index in [1.54, 1.807) is 0 Å². The van der Waals surface area contributed by atoms with Gasteiger partial charge in [0.1, 0.15) is 6.29 Å². The number of aldehydes is 1. The maximum Gasteiger partial charge on any atom is 0.127 e. The van der Waals surface area contributed by atoms with Crippen molar-refractivity contribution in [1.29, 1.82) is 0 Å². The minimum Gasteiger partial charge on any atom is -0.308 e. The summed E-state index contributed by atoms with van der Waals surface area (Å²) in [5.74, 6) is 0. The summed E-state index contributed by atoms with van der Waals surface area (Å²) in [5, 5.41) is 0. The smallest absolute Gasteiger partial charge is 0.127 e. The summed E-state index contributed by atoms with van der Waals surface area (Å²) in [6, 6.07) is 0. The Morgan fingerprint density at radius 3 is 2.15 bits per heavy atom. The average Bonchev–Trinajstić information content (AvgIpc) is 2.47. The summed E-state index contributed by atoms with van der Waals surface area (Å²) >= 11 is 0. The van der Waals surface area contributed by atoms with E-state index in [0.717, 1.165) is 52.1 Å². The molecule has 1 heterocycles. The van der Waals surface area contributed by atoms with Crippen LogP contribution in [0.5, 0.6) is 0 Å². The number of hydrogen-bond acceptors (Lipinski definition) is 4. The van der Waals surface area contributed by atoms with E-state index in [2.05, 4.69) is 28.8 Å². The summed E-state index contributed by atoms with van der Waals surface area (Å²) in [7, 11) is 4.26. The van der Waals surface area contributed by atoms with Crippen LogP contribution in [0.25, 0.3) is 0 Å². The number of piperazine rings is 1. The van der Waals surface area contributed by atoms with Crippen LogP contribution >= 0.6 is 0 Å². The Labute approximate surface area is 124 Å². The predicted octanol–water partition coefficient (Wildman–Crippen LogP) is 1.31. The van der Waals surface area contributed by atoms with Gasteiger partial charge < -0.3 is 9.69 Å². The van der Waals surface area contributed by atoms with Crippen molar-refractivity contribution in [3.8, 4) is 0 Å². The van der Waals surface area contributed by atoms with Gasteiger partial charge in [-0.15, -0.1) is 0 Å². The van der Waals surface area contributed by atoms with Gasteiger partial charge in [0.2, 0.25) is 0 Å². The number of carbonyl (C=O) groups is 1. The second-order valence-corrected chi connectivity index (χ2v) is 6.96. The molecule has 2 aliphatic rings. The number of nitrogens with zero attached hydrogens (tertiary/aromatic N) is 3. The zero-order chi connectivity index (χ0) is 14.4. The fraction of sp³-hybridized carbons (Fsp3) is 0.938. The molecule has 0 unspecified atom stereocenters. The van der Waals surface area contributed by atoms with Crippen LogP contribution in [0.1, 0.15) is 32.1 Å². The maximum absolute atomic E-state index is 11.6. The minimum atomic E-state index is -0.0238. The highest BCUT2D eigenvalue weighted by Gasteiger charge is 2.34. The Morgan fingerprint density at radius 2 is 1.60 bits per heavy atom. The van der Waals surface area contributed by atoms with Crippen molar-refractivity contribution >= 4 is 6.29 Å². The quantitative estimate of drug-likeness (QED) is 0.686. The normalized spacial score (nSPS) is 24.9. The van der Waals surface area contributed by atoms with Gasteiger partial charge in [-0.05, 0) is 26.9 Å². The van der Waals surface area contributed by atoms with Gasteiger partial charge in [-0.1, -0.05) is 19.3 Å². The highest BCUT2D eigenvalue weighted by Crippen LogP contribution is 2.35. The van der Waals surface area contributed by atoms with Crippen molar-refractivity contribution in [2.24, 2.45) is 5.41 Å². The second-order valence-electron chi connectivity index (χ2n) is 6.96. The first-order valence-corrected chi connectivity index (χ1v) is 8.19. The molecule has 0 aromatic carbocycles. The minimum absolute atomic E-state index is 0.0238. The van der Waals surface area contributed by atoms with Crippen LogP contribution in [-0.2, 0) is 4.79 Å². The summed E-state index contributed by atoms with van der Waals surface area (Å²) < 4.78 is 0. The fourth-order valence-corrected chi connectivity index (χ4v) is 3.53. The third-order valence-corrected chi connectivity index (χ3v) is 4.97. The first kappa shape index (κ1) is 15.9. The van der Waals surface area contributed by atoms with Gasteiger partial charge in [0.05, 0.1) is 0 Å². The van der Waals surface area contributed by atoms with E-state index in [-0.39, 0.29) is 5.41 Å². The molecule has 0 atom stereocenters. The van der Waals surface area contributed by atoms with E-state index in [0.29, 0.717) is 0 Å². The van der Waals surface area contributed by atoms with Crippen LogP contribution < -0.4 is 0 Å². The fourth-order valence-electron chi connectivity index (χ4n) is 3.53. The Morgan fingerprint density at radius 1 is 1.00 bits per heavy atom. The Hall–Kier alpha value is -0.450. The molecule has 1 saturated carbocycles.